The zero-order valence-electron chi connectivity index (χ0n) is 18.8. The molecule has 31 heavy (non-hydrogen) atoms. The topological polar surface area (TPSA) is 17.1 Å². The molecular weight excluding hydrogens is 414 g/mol. The van der Waals surface area contributed by atoms with Crippen molar-refractivity contribution in [1.29, 1.82) is 0 Å². The van der Waals surface area contributed by atoms with Crippen LogP contribution in [0.15, 0.2) is 84.9 Å². The van der Waals surface area contributed by atoms with E-state index in [9.17, 15) is 4.57 Å². The average molecular weight is 448 g/mol. The van der Waals surface area contributed by atoms with Crippen LogP contribution in [0, 0.1) is 17.8 Å². The van der Waals surface area contributed by atoms with Gasteiger partial charge in [-0.25, -0.2) is 0 Å². The molecule has 0 N–H and O–H groups in total. The normalized spacial score (nSPS) is 22.0. The molecule has 3 aromatic carbocycles. The van der Waals surface area contributed by atoms with Gasteiger partial charge in [0.2, 0.25) is 0 Å². The first-order valence-corrected chi connectivity index (χ1v) is 14.2. The van der Waals surface area contributed by atoms with Crippen LogP contribution in [-0.2, 0) is 4.57 Å². The second-order valence-electron chi connectivity index (χ2n) is 9.21. The standard InChI is InChI=1S/C28H33OP2/c1-21(2)25-19-18-22(3)20-28(25)31(29)27-17-11-10-16-26(27)30(23-12-6-4-7-13-23)24-14-8-5-9-15-24/h4-17,21-22,25,28H,18-20H2,1-3H3/q+1/t22-,25+,28-/m1/s1. The number of hydrogen-bond acceptors (Lipinski definition) is 1. The van der Waals surface area contributed by atoms with Crippen LogP contribution in [0.4, 0.5) is 0 Å². The Morgan fingerprint density at radius 1 is 0.806 bits per heavy atom. The Morgan fingerprint density at radius 3 is 1.94 bits per heavy atom. The lowest BCUT2D eigenvalue weighted by Gasteiger charge is -2.31. The van der Waals surface area contributed by atoms with Crippen LogP contribution in [0.25, 0.3) is 0 Å². The first kappa shape index (κ1) is 22.4. The van der Waals surface area contributed by atoms with E-state index < -0.39 is 15.7 Å². The van der Waals surface area contributed by atoms with Gasteiger partial charge in [0.05, 0.1) is 0 Å². The summed E-state index contributed by atoms with van der Waals surface area (Å²) in [7, 11) is -2.20. The summed E-state index contributed by atoms with van der Waals surface area (Å²) in [5.41, 5.74) is 0.281. The molecule has 3 heteroatoms. The summed E-state index contributed by atoms with van der Waals surface area (Å²) in [6.07, 6.45) is 3.56. The molecule has 4 atom stereocenters. The van der Waals surface area contributed by atoms with Crippen LogP contribution in [-0.4, -0.2) is 5.66 Å². The van der Waals surface area contributed by atoms with Crippen molar-refractivity contribution < 1.29 is 4.57 Å². The zero-order valence-corrected chi connectivity index (χ0v) is 20.6. The van der Waals surface area contributed by atoms with Crippen molar-refractivity contribution in [2.75, 3.05) is 0 Å². The van der Waals surface area contributed by atoms with Crippen LogP contribution in [0.5, 0.6) is 0 Å². The Bertz CT molecular complexity index is 960. The molecular formula is C28H33OP2+. The summed E-state index contributed by atoms with van der Waals surface area (Å²) in [4.78, 5) is 0. The summed E-state index contributed by atoms with van der Waals surface area (Å²) in [6, 6.07) is 30.1. The average Bonchev–Trinajstić information content (AvgIpc) is 2.80. The van der Waals surface area contributed by atoms with Crippen LogP contribution in [0.1, 0.15) is 40.0 Å². The van der Waals surface area contributed by atoms with Crippen LogP contribution < -0.4 is 21.2 Å². The van der Waals surface area contributed by atoms with Gasteiger partial charge in [0.15, 0.2) is 11.0 Å². The van der Waals surface area contributed by atoms with Crippen molar-refractivity contribution in [3.63, 3.8) is 0 Å². The monoisotopic (exact) mass is 447 g/mol. The first-order valence-electron chi connectivity index (χ1n) is 11.5. The summed E-state index contributed by atoms with van der Waals surface area (Å²) in [6.45, 7) is 6.95. The molecule has 0 aliphatic heterocycles. The fraction of sp³-hybridized carbons (Fsp3) is 0.357. The molecule has 1 fully saturated rings. The first-order chi connectivity index (χ1) is 15.1. The molecule has 1 saturated carbocycles. The quantitative estimate of drug-likeness (QED) is 0.402. The highest BCUT2D eigenvalue weighted by Crippen LogP contribution is 2.47. The summed E-state index contributed by atoms with van der Waals surface area (Å²) >= 11 is 0. The molecule has 0 spiro atoms. The molecule has 0 radical (unpaired) electrons. The predicted molar refractivity (Wildman–Crippen MR) is 138 cm³/mol. The van der Waals surface area contributed by atoms with E-state index in [2.05, 4.69) is 106 Å². The maximum absolute atomic E-state index is 14.2. The van der Waals surface area contributed by atoms with Gasteiger partial charge in [0.1, 0.15) is 0 Å². The van der Waals surface area contributed by atoms with Gasteiger partial charge in [-0.2, -0.15) is 0 Å². The van der Waals surface area contributed by atoms with Crippen molar-refractivity contribution in [3.8, 4) is 0 Å². The third kappa shape index (κ3) is 5.00. The van der Waals surface area contributed by atoms with E-state index in [1.807, 2.05) is 0 Å². The third-order valence-electron chi connectivity index (χ3n) is 6.68. The van der Waals surface area contributed by atoms with Gasteiger partial charge < -0.3 is 0 Å². The molecule has 4 rings (SSSR count). The van der Waals surface area contributed by atoms with Gasteiger partial charge in [-0.15, -0.1) is 0 Å². The fourth-order valence-electron chi connectivity index (χ4n) is 5.02. The molecule has 0 aromatic heterocycles. The Kier molecular flexibility index (Phi) is 7.37. The molecule has 0 bridgehead atoms. The van der Waals surface area contributed by atoms with Gasteiger partial charge in [0, 0.05) is 11.2 Å². The highest BCUT2D eigenvalue weighted by atomic mass is 31.1. The van der Waals surface area contributed by atoms with Crippen LogP contribution >= 0.6 is 15.7 Å². The summed E-state index contributed by atoms with van der Waals surface area (Å²) in [5.74, 6) is 1.79. The minimum absolute atomic E-state index is 0.281. The fourth-order valence-corrected chi connectivity index (χ4v) is 10.2. The lowest BCUT2D eigenvalue weighted by molar-refractivity contribution is 0.239. The summed E-state index contributed by atoms with van der Waals surface area (Å²) in [5, 5.41) is 4.98. The minimum Gasteiger partial charge on any atom is -0.0677 e. The molecule has 160 valence electrons. The largest absolute Gasteiger partial charge is 0.381 e. The van der Waals surface area contributed by atoms with E-state index in [-0.39, 0.29) is 5.66 Å². The third-order valence-corrected chi connectivity index (χ3v) is 11.4. The molecule has 3 aromatic rings. The van der Waals surface area contributed by atoms with Crippen molar-refractivity contribution in [2.24, 2.45) is 17.8 Å². The molecule has 1 nitrogen and oxygen atoms in total. The van der Waals surface area contributed by atoms with Gasteiger partial charge in [-0.05, 0) is 55.3 Å². The second-order valence-corrected chi connectivity index (χ2v) is 13.2. The van der Waals surface area contributed by atoms with Crippen LogP contribution in [0.2, 0.25) is 0 Å². The number of rotatable bonds is 6. The van der Waals surface area contributed by atoms with E-state index in [4.69, 9.17) is 0 Å². The van der Waals surface area contributed by atoms with E-state index in [1.54, 1.807) is 0 Å². The Balaban J connectivity index is 1.80. The van der Waals surface area contributed by atoms with Gasteiger partial charge in [0.25, 0.3) is 0 Å². The van der Waals surface area contributed by atoms with Crippen molar-refractivity contribution >= 4 is 36.9 Å². The Morgan fingerprint density at radius 2 is 1.35 bits per heavy atom. The summed E-state index contributed by atoms with van der Waals surface area (Å²) < 4.78 is 14.2. The van der Waals surface area contributed by atoms with E-state index in [1.165, 1.54) is 28.8 Å². The number of benzene rings is 3. The second kappa shape index (κ2) is 10.2. The predicted octanol–water partition coefficient (Wildman–Crippen LogP) is 6.36. The molecule has 1 aliphatic carbocycles. The Hall–Kier alpha value is -1.81. The van der Waals surface area contributed by atoms with Gasteiger partial charge in [-0.3, -0.25) is 0 Å². The SMILES string of the molecule is CC(C)[C@@H]1CC[C@@H](C)C[C@H]1[P+](=O)c1ccccc1P(c1ccccc1)c1ccccc1. The van der Waals surface area contributed by atoms with Gasteiger partial charge in [-0.1, -0.05) is 105 Å². The van der Waals surface area contributed by atoms with E-state index in [0.29, 0.717) is 17.8 Å². The molecule has 0 amide bonds. The number of hydrogen-bond donors (Lipinski definition) is 0. The molecule has 0 heterocycles. The smallest absolute Gasteiger partial charge is 0.0677 e. The van der Waals surface area contributed by atoms with Crippen molar-refractivity contribution in [1.82, 2.24) is 0 Å². The Labute approximate surface area is 189 Å². The highest BCUT2D eigenvalue weighted by Gasteiger charge is 2.45. The zero-order chi connectivity index (χ0) is 21.8. The molecule has 1 aliphatic rings. The van der Waals surface area contributed by atoms with E-state index in [0.717, 1.165) is 11.7 Å². The lowest BCUT2D eigenvalue weighted by atomic mass is 9.77. The van der Waals surface area contributed by atoms with Gasteiger partial charge >= 0.3 is 7.80 Å². The van der Waals surface area contributed by atoms with Crippen molar-refractivity contribution in [2.45, 2.75) is 45.7 Å². The molecule has 1 unspecified atom stereocenters. The maximum atomic E-state index is 14.2. The lowest BCUT2D eigenvalue weighted by Crippen LogP contribution is -2.35. The maximum Gasteiger partial charge on any atom is 0.381 e. The highest BCUT2D eigenvalue weighted by molar-refractivity contribution is 7.81. The van der Waals surface area contributed by atoms with Crippen LogP contribution in [0.3, 0.4) is 0 Å². The van der Waals surface area contributed by atoms with Crippen molar-refractivity contribution in [3.05, 3.63) is 84.9 Å². The molecule has 0 saturated heterocycles. The minimum atomic E-state index is -1.46. The van der Waals surface area contributed by atoms with E-state index >= 15 is 0 Å².